The molecule has 0 aromatic heterocycles. The average molecular weight is 298 g/mol. The minimum Gasteiger partial charge on any atom is -0.481 e. The lowest BCUT2D eigenvalue weighted by atomic mass is 9.85. The Labute approximate surface area is 107 Å². The van der Waals surface area contributed by atoms with Crippen molar-refractivity contribution in [2.75, 3.05) is 23.0 Å². The minimum atomic E-state index is -3.35. The lowest BCUT2D eigenvalue weighted by molar-refractivity contribution is -0.147. The number of sulfone groups is 2. The van der Waals surface area contributed by atoms with Gasteiger partial charge in [-0.3, -0.25) is 4.79 Å². The van der Waals surface area contributed by atoms with Crippen LogP contribution in [0.5, 0.6) is 0 Å². The van der Waals surface area contributed by atoms with E-state index >= 15 is 0 Å². The zero-order chi connectivity index (χ0) is 14.0. The Morgan fingerprint density at radius 1 is 1.33 bits per heavy atom. The second kappa shape index (κ2) is 5.16. The van der Waals surface area contributed by atoms with E-state index in [1.165, 1.54) is 0 Å². The second-order valence-electron chi connectivity index (χ2n) is 4.83. The number of carboxylic acid groups (broad SMARTS) is 1. The molecule has 1 saturated heterocycles. The van der Waals surface area contributed by atoms with Gasteiger partial charge in [-0.1, -0.05) is 6.92 Å². The first-order chi connectivity index (χ1) is 8.13. The molecule has 1 atom stereocenters. The summed E-state index contributed by atoms with van der Waals surface area (Å²) in [6.45, 7) is 1.73. The Kier molecular flexibility index (Phi) is 4.42. The van der Waals surface area contributed by atoms with Crippen LogP contribution in [0.15, 0.2) is 0 Å². The van der Waals surface area contributed by atoms with Crippen molar-refractivity contribution < 1.29 is 26.7 Å². The third kappa shape index (κ3) is 3.68. The van der Waals surface area contributed by atoms with E-state index in [2.05, 4.69) is 0 Å². The molecule has 1 fully saturated rings. The molecule has 0 aromatic carbocycles. The molecule has 106 valence electrons. The van der Waals surface area contributed by atoms with Crippen LogP contribution in [0, 0.1) is 5.41 Å². The molecule has 1 rings (SSSR count). The molecule has 1 aliphatic heterocycles. The van der Waals surface area contributed by atoms with Crippen LogP contribution in [-0.4, -0.2) is 50.9 Å². The Balaban J connectivity index is 2.82. The van der Waals surface area contributed by atoms with Crippen LogP contribution in [0.25, 0.3) is 0 Å². The number of aliphatic carboxylic acids is 1. The fourth-order valence-electron chi connectivity index (χ4n) is 2.15. The maximum Gasteiger partial charge on any atom is 0.310 e. The highest BCUT2D eigenvalue weighted by Gasteiger charge is 2.48. The van der Waals surface area contributed by atoms with Gasteiger partial charge in [-0.2, -0.15) is 0 Å². The molecule has 18 heavy (non-hydrogen) atoms. The van der Waals surface area contributed by atoms with Crippen LogP contribution < -0.4 is 0 Å². The van der Waals surface area contributed by atoms with E-state index in [0.29, 0.717) is 6.42 Å². The molecule has 1 heterocycles. The molecule has 0 aliphatic carbocycles. The average Bonchev–Trinajstić information content (AvgIpc) is 2.53. The van der Waals surface area contributed by atoms with Gasteiger partial charge in [0.15, 0.2) is 9.84 Å². The first-order valence-corrected chi connectivity index (χ1v) is 9.41. The predicted octanol–water partition coefficient (Wildman–Crippen LogP) is 0.0908. The quantitative estimate of drug-likeness (QED) is 0.745. The molecule has 0 bridgehead atoms. The highest BCUT2D eigenvalue weighted by atomic mass is 32.2. The molecule has 1 unspecified atom stereocenters. The summed E-state index contributed by atoms with van der Waals surface area (Å²) < 4.78 is 45.9. The van der Waals surface area contributed by atoms with Gasteiger partial charge < -0.3 is 5.11 Å². The summed E-state index contributed by atoms with van der Waals surface area (Å²) in [5.41, 5.74) is -1.42. The van der Waals surface area contributed by atoms with Crippen LogP contribution in [0.1, 0.15) is 26.2 Å². The molecule has 1 N–H and O–H groups in total. The van der Waals surface area contributed by atoms with Crippen molar-refractivity contribution in [1.29, 1.82) is 0 Å². The van der Waals surface area contributed by atoms with Gasteiger partial charge in [0, 0.05) is 5.75 Å². The van der Waals surface area contributed by atoms with Crippen molar-refractivity contribution in [3.05, 3.63) is 0 Å². The van der Waals surface area contributed by atoms with Crippen molar-refractivity contribution in [2.24, 2.45) is 5.41 Å². The monoisotopic (exact) mass is 298 g/mol. The maximum atomic E-state index is 11.6. The third-order valence-corrected chi connectivity index (χ3v) is 6.92. The summed E-state index contributed by atoms with van der Waals surface area (Å²) in [6.07, 6.45) is 0.358. The van der Waals surface area contributed by atoms with Crippen molar-refractivity contribution in [2.45, 2.75) is 26.2 Å². The molecule has 0 aromatic rings. The molecule has 6 nitrogen and oxygen atoms in total. The Hall–Kier alpha value is -0.630. The number of hydrogen-bond donors (Lipinski definition) is 1. The normalized spacial score (nSPS) is 27.2. The number of rotatable bonds is 6. The SMILES string of the molecule is CCCS(=O)(=O)CCC1(C(=O)O)CCS(=O)(=O)C1. The fourth-order valence-corrected chi connectivity index (χ4v) is 5.78. The molecule has 0 spiro atoms. The van der Waals surface area contributed by atoms with Crippen LogP contribution in [0.4, 0.5) is 0 Å². The van der Waals surface area contributed by atoms with E-state index in [0.717, 1.165) is 0 Å². The van der Waals surface area contributed by atoms with Gasteiger partial charge in [0.2, 0.25) is 0 Å². The number of carbonyl (C=O) groups is 1. The predicted molar refractivity (Wildman–Crippen MR) is 66.9 cm³/mol. The molecule has 0 saturated carbocycles. The summed E-state index contributed by atoms with van der Waals surface area (Å²) >= 11 is 0. The number of carboxylic acids is 1. The van der Waals surface area contributed by atoms with E-state index in [-0.39, 0.29) is 30.1 Å². The van der Waals surface area contributed by atoms with Gasteiger partial charge in [-0.25, -0.2) is 16.8 Å². The molecule has 0 radical (unpaired) electrons. The molecule has 1 aliphatic rings. The fraction of sp³-hybridized carbons (Fsp3) is 0.900. The highest BCUT2D eigenvalue weighted by molar-refractivity contribution is 7.92. The Morgan fingerprint density at radius 2 is 1.94 bits per heavy atom. The summed E-state index contributed by atoms with van der Waals surface area (Å²) in [5, 5.41) is 9.16. The van der Waals surface area contributed by atoms with Gasteiger partial charge in [-0.05, 0) is 19.3 Å². The van der Waals surface area contributed by atoms with E-state index < -0.39 is 36.8 Å². The maximum absolute atomic E-state index is 11.6. The first-order valence-electron chi connectivity index (χ1n) is 5.77. The molecule has 8 heteroatoms. The zero-order valence-corrected chi connectivity index (χ0v) is 11.9. The molecular weight excluding hydrogens is 280 g/mol. The van der Waals surface area contributed by atoms with Crippen molar-refractivity contribution >= 4 is 25.6 Å². The van der Waals surface area contributed by atoms with Crippen LogP contribution in [0.2, 0.25) is 0 Å². The third-order valence-electron chi connectivity index (χ3n) is 3.25. The molecule has 0 amide bonds. The summed E-state index contributed by atoms with van der Waals surface area (Å²) in [5.74, 6) is -2.09. The van der Waals surface area contributed by atoms with Gasteiger partial charge >= 0.3 is 5.97 Å². The van der Waals surface area contributed by atoms with Crippen molar-refractivity contribution in [1.82, 2.24) is 0 Å². The summed E-state index contributed by atoms with van der Waals surface area (Å²) in [4.78, 5) is 11.2. The van der Waals surface area contributed by atoms with Gasteiger partial charge in [0.1, 0.15) is 9.84 Å². The smallest absolute Gasteiger partial charge is 0.310 e. The van der Waals surface area contributed by atoms with Gasteiger partial charge in [-0.15, -0.1) is 0 Å². The lowest BCUT2D eigenvalue weighted by Crippen LogP contribution is -2.34. The number of hydrogen-bond acceptors (Lipinski definition) is 5. The Bertz CT molecular complexity index is 519. The molecular formula is C10H18O6S2. The highest BCUT2D eigenvalue weighted by Crippen LogP contribution is 2.36. The Morgan fingerprint density at radius 3 is 2.33 bits per heavy atom. The van der Waals surface area contributed by atoms with Gasteiger partial charge in [0.05, 0.1) is 22.7 Å². The van der Waals surface area contributed by atoms with Crippen LogP contribution in [0.3, 0.4) is 0 Å². The summed E-state index contributed by atoms with van der Waals surface area (Å²) in [7, 11) is -6.64. The second-order valence-corrected chi connectivity index (χ2v) is 9.32. The zero-order valence-electron chi connectivity index (χ0n) is 10.3. The van der Waals surface area contributed by atoms with Gasteiger partial charge in [0.25, 0.3) is 0 Å². The topological polar surface area (TPSA) is 106 Å². The standard InChI is InChI=1S/C10H18O6S2/c1-2-5-17(13,14)6-3-10(9(11)12)4-7-18(15,16)8-10/h2-8H2,1H3,(H,11,12). The van der Waals surface area contributed by atoms with E-state index in [1.54, 1.807) is 6.92 Å². The van der Waals surface area contributed by atoms with Crippen molar-refractivity contribution in [3.8, 4) is 0 Å². The van der Waals surface area contributed by atoms with Crippen molar-refractivity contribution in [3.63, 3.8) is 0 Å². The first kappa shape index (κ1) is 15.4. The van der Waals surface area contributed by atoms with E-state index in [1.807, 2.05) is 0 Å². The minimum absolute atomic E-state index is 0.00626. The van der Waals surface area contributed by atoms with Crippen LogP contribution in [-0.2, 0) is 24.5 Å². The summed E-state index contributed by atoms with van der Waals surface area (Å²) in [6, 6.07) is 0. The largest absolute Gasteiger partial charge is 0.481 e. The van der Waals surface area contributed by atoms with Crippen LogP contribution >= 0.6 is 0 Å². The van der Waals surface area contributed by atoms with E-state index in [4.69, 9.17) is 5.11 Å². The lowest BCUT2D eigenvalue weighted by Gasteiger charge is -2.21. The van der Waals surface area contributed by atoms with E-state index in [9.17, 15) is 21.6 Å².